The van der Waals surface area contributed by atoms with Crippen LogP contribution in [0.1, 0.15) is 19.4 Å². The molecule has 1 saturated heterocycles. The predicted octanol–water partition coefficient (Wildman–Crippen LogP) is 2.38. The van der Waals surface area contributed by atoms with Crippen molar-refractivity contribution in [3.8, 4) is 0 Å². The molecule has 122 valence electrons. The van der Waals surface area contributed by atoms with Crippen molar-refractivity contribution < 1.29 is 23.7 Å². The smallest absolute Gasteiger partial charge is 0.414 e. The minimum atomic E-state index is -0.727. The van der Waals surface area contributed by atoms with Crippen LogP contribution in [0, 0.1) is 0 Å². The normalized spacial score (nSPS) is 18.0. The Morgan fingerprint density at radius 2 is 1.91 bits per heavy atom. The van der Waals surface area contributed by atoms with E-state index in [1.54, 1.807) is 0 Å². The molecule has 0 N–H and O–H groups in total. The average Bonchev–Trinajstić information content (AvgIpc) is 2.89. The summed E-state index contributed by atoms with van der Waals surface area (Å²) in [5, 5.41) is 0. The summed E-state index contributed by atoms with van der Waals surface area (Å²) in [6.07, 6.45) is -1.16. The third kappa shape index (κ3) is 4.43. The highest BCUT2D eigenvalue weighted by Crippen LogP contribution is 2.19. The largest absolute Gasteiger partial charge is 0.447 e. The van der Waals surface area contributed by atoms with E-state index in [1.165, 1.54) is 4.90 Å². The Hall–Kier alpha value is -1.63. The molecule has 1 heterocycles. The highest BCUT2D eigenvalue weighted by molar-refractivity contribution is 5.70. The van der Waals surface area contributed by atoms with Crippen LogP contribution in [-0.2, 0) is 25.6 Å². The summed E-state index contributed by atoms with van der Waals surface area (Å²) in [6, 6.07) is 9.68. The van der Waals surface area contributed by atoms with Gasteiger partial charge in [0.1, 0.15) is 6.61 Å². The van der Waals surface area contributed by atoms with Gasteiger partial charge >= 0.3 is 6.09 Å². The number of hydrogen-bond donors (Lipinski definition) is 0. The third-order valence-corrected chi connectivity index (χ3v) is 3.27. The SMILES string of the molecule is CCOC(OCC)N1C(=O)OCC1COCc1ccccc1. The van der Waals surface area contributed by atoms with Gasteiger partial charge in [-0.15, -0.1) is 0 Å². The van der Waals surface area contributed by atoms with Crippen molar-refractivity contribution in [1.29, 1.82) is 0 Å². The Morgan fingerprint density at radius 1 is 1.23 bits per heavy atom. The van der Waals surface area contributed by atoms with Gasteiger partial charge in [-0.1, -0.05) is 30.3 Å². The van der Waals surface area contributed by atoms with Crippen molar-refractivity contribution in [2.75, 3.05) is 26.4 Å². The molecular weight excluding hydrogens is 286 g/mol. The number of hydrogen-bond acceptors (Lipinski definition) is 5. The van der Waals surface area contributed by atoms with Gasteiger partial charge in [0, 0.05) is 13.2 Å². The molecule has 0 saturated carbocycles. The minimum absolute atomic E-state index is 0.209. The summed E-state index contributed by atoms with van der Waals surface area (Å²) < 4.78 is 21.8. The van der Waals surface area contributed by atoms with Gasteiger partial charge in [0.15, 0.2) is 0 Å². The predicted molar refractivity (Wildman–Crippen MR) is 80.1 cm³/mol. The highest BCUT2D eigenvalue weighted by atomic mass is 16.7. The van der Waals surface area contributed by atoms with Crippen LogP contribution in [0.2, 0.25) is 0 Å². The summed E-state index contributed by atoms with van der Waals surface area (Å²) in [5.74, 6) is 0. The zero-order valence-corrected chi connectivity index (χ0v) is 13.1. The van der Waals surface area contributed by atoms with E-state index in [2.05, 4.69) is 0 Å². The van der Waals surface area contributed by atoms with Gasteiger partial charge in [0.05, 0.1) is 19.3 Å². The number of benzene rings is 1. The zero-order chi connectivity index (χ0) is 15.8. The molecular formula is C16H23NO5. The molecule has 6 nitrogen and oxygen atoms in total. The maximum atomic E-state index is 11.9. The third-order valence-electron chi connectivity index (χ3n) is 3.27. The second-order valence-electron chi connectivity index (χ2n) is 4.86. The van der Waals surface area contributed by atoms with Crippen molar-refractivity contribution in [1.82, 2.24) is 4.90 Å². The Morgan fingerprint density at radius 3 is 2.55 bits per heavy atom. The Labute approximate surface area is 130 Å². The maximum absolute atomic E-state index is 11.9. The monoisotopic (exact) mass is 309 g/mol. The first-order chi connectivity index (χ1) is 10.8. The molecule has 1 aliphatic rings. The van der Waals surface area contributed by atoms with E-state index in [1.807, 2.05) is 44.2 Å². The highest BCUT2D eigenvalue weighted by Gasteiger charge is 2.39. The minimum Gasteiger partial charge on any atom is -0.447 e. The Bertz CT molecular complexity index is 447. The number of ether oxygens (including phenoxy) is 4. The quantitative estimate of drug-likeness (QED) is 0.656. The lowest BCUT2D eigenvalue weighted by Gasteiger charge is -2.29. The van der Waals surface area contributed by atoms with Crippen LogP contribution >= 0.6 is 0 Å². The summed E-state index contributed by atoms with van der Waals surface area (Å²) >= 11 is 0. The second-order valence-corrected chi connectivity index (χ2v) is 4.86. The molecule has 22 heavy (non-hydrogen) atoms. The van der Waals surface area contributed by atoms with E-state index in [9.17, 15) is 4.79 Å². The number of carbonyl (C=O) groups excluding carboxylic acids is 1. The van der Waals surface area contributed by atoms with Gasteiger partial charge < -0.3 is 18.9 Å². The van der Waals surface area contributed by atoms with Crippen LogP contribution in [-0.4, -0.2) is 49.9 Å². The summed E-state index contributed by atoms with van der Waals surface area (Å²) in [4.78, 5) is 13.4. The molecule has 1 unspecified atom stereocenters. The van der Waals surface area contributed by atoms with Crippen LogP contribution in [0.3, 0.4) is 0 Å². The molecule has 0 bridgehead atoms. The molecule has 0 radical (unpaired) electrons. The number of carbonyl (C=O) groups is 1. The topological polar surface area (TPSA) is 57.2 Å². The standard InChI is InChI=1S/C16H23NO5/c1-3-20-16(21-4-2)17-14(12-22-15(17)18)11-19-10-13-8-6-5-7-9-13/h5-9,14,16H,3-4,10-12H2,1-2H3. The van der Waals surface area contributed by atoms with Crippen molar-refractivity contribution >= 4 is 6.09 Å². The molecule has 0 aliphatic carbocycles. The summed E-state index contributed by atoms with van der Waals surface area (Å²) in [6.45, 7) is 5.76. The lowest BCUT2D eigenvalue weighted by molar-refractivity contribution is -0.211. The van der Waals surface area contributed by atoms with Gasteiger partial charge in [-0.3, -0.25) is 0 Å². The van der Waals surface area contributed by atoms with Crippen molar-refractivity contribution in [2.45, 2.75) is 32.9 Å². The molecule has 1 fully saturated rings. The van der Waals surface area contributed by atoms with Crippen LogP contribution in [0.25, 0.3) is 0 Å². The van der Waals surface area contributed by atoms with E-state index < -0.39 is 12.5 Å². The van der Waals surface area contributed by atoms with Gasteiger partial charge in [0.2, 0.25) is 6.41 Å². The average molecular weight is 309 g/mol. The maximum Gasteiger partial charge on any atom is 0.414 e. The number of cyclic esters (lactones) is 1. The number of nitrogens with zero attached hydrogens (tertiary/aromatic N) is 1. The van der Waals surface area contributed by atoms with E-state index in [-0.39, 0.29) is 12.6 Å². The van der Waals surface area contributed by atoms with Crippen LogP contribution < -0.4 is 0 Å². The fourth-order valence-electron chi connectivity index (χ4n) is 2.24. The van der Waals surface area contributed by atoms with Gasteiger partial charge in [-0.2, -0.15) is 0 Å². The fourth-order valence-corrected chi connectivity index (χ4v) is 2.24. The van der Waals surface area contributed by atoms with E-state index in [0.29, 0.717) is 26.4 Å². The zero-order valence-electron chi connectivity index (χ0n) is 13.1. The Balaban J connectivity index is 1.89. The first kappa shape index (κ1) is 16.7. The molecule has 0 spiro atoms. The fraction of sp³-hybridized carbons (Fsp3) is 0.562. The molecule has 1 aliphatic heterocycles. The van der Waals surface area contributed by atoms with E-state index in [0.717, 1.165) is 5.56 Å². The summed E-state index contributed by atoms with van der Waals surface area (Å²) in [5.41, 5.74) is 1.09. The van der Waals surface area contributed by atoms with Crippen molar-refractivity contribution in [2.24, 2.45) is 0 Å². The lowest BCUT2D eigenvalue weighted by atomic mass is 10.2. The molecule has 6 heteroatoms. The van der Waals surface area contributed by atoms with Crippen LogP contribution in [0.5, 0.6) is 0 Å². The van der Waals surface area contributed by atoms with Crippen LogP contribution in [0.4, 0.5) is 4.79 Å². The Kier molecular flexibility index (Phi) is 6.64. The first-order valence-electron chi connectivity index (χ1n) is 7.56. The molecule has 0 aromatic heterocycles. The van der Waals surface area contributed by atoms with Gasteiger partial charge in [-0.05, 0) is 19.4 Å². The molecule has 1 amide bonds. The van der Waals surface area contributed by atoms with Crippen molar-refractivity contribution in [3.05, 3.63) is 35.9 Å². The second kappa shape index (κ2) is 8.73. The molecule has 2 rings (SSSR count). The summed E-state index contributed by atoms with van der Waals surface area (Å²) in [7, 11) is 0. The molecule has 1 aromatic rings. The van der Waals surface area contributed by atoms with Gasteiger partial charge in [0.25, 0.3) is 0 Å². The first-order valence-corrected chi connectivity index (χ1v) is 7.56. The van der Waals surface area contributed by atoms with Gasteiger partial charge in [-0.25, -0.2) is 9.69 Å². The van der Waals surface area contributed by atoms with Crippen LogP contribution in [0.15, 0.2) is 30.3 Å². The van der Waals surface area contributed by atoms with E-state index >= 15 is 0 Å². The lowest BCUT2D eigenvalue weighted by Crippen LogP contribution is -2.47. The molecule has 1 atom stereocenters. The van der Waals surface area contributed by atoms with Crippen molar-refractivity contribution in [3.63, 3.8) is 0 Å². The number of rotatable bonds is 9. The molecule has 1 aromatic carbocycles. The number of amides is 1. The van der Waals surface area contributed by atoms with E-state index in [4.69, 9.17) is 18.9 Å².